The normalized spacial score (nSPS) is 10.0. The molecule has 0 saturated carbocycles. The van der Waals surface area contributed by atoms with Crippen molar-refractivity contribution in [3.8, 4) is 0 Å². The molecule has 3 nitrogen and oxygen atoms in total. The Morgan fingerprint density at radius 1 is 1.13 bits per heavy atom. The Morgan fingerprint density at radius 2 is 1.80 bits per heavy atom. The number of rotatable bonds is 0. The number of nitrogens with two attached hydrogens (primary N) is 2. The maximum Gasteiger partial charge on any atom is 0.214 e. The molecule has 0 saturated heterocycles. The van der Waals surface area contributed by atoms with Crippen LogP contribution in [-0.4, -0.2) is 0 Å². The molecule has 1 aromatic carbocycles. The zero-order valence-electron chi connectivity index (χ0n) is 8.82. The maximum absolute atomic E-state index is 5.93. The lowest BCUT2D eigenvalue weighted by atomic mass is 10.1. The van der Waals surface area contributed by atoms with E-state index in [0.717, 1.165) is 28.0 Å². The summed E-state index contributed by atoms with van der Waals surface area (Å²) in [4.78, 5) is 0. The third-order valence-corrected chi connectivity index (χ3v) is 2.59. The van der Waals surface area contributed by atoms with E-state index in [1.165, 1.54) is 0 Å². The monoisotopic (exact) mass is 224 g/mol. The van der Waals surface area contributed by atoms with Gasteiger partial charge in [0.2, 0.25) is 5.52 Å². The summed E-state index contributed by atoms with van der Waals surface area (Å²) in [7, 11) is 2.02. The SMILES string of the molecule is Cc1cc(N)c2cc(N)ccc2[n+]1C.Cl. The Morgan fingerprint density at radius 3 is 2.47 bits per heavy atom. The molecule has 0 aliphatic heterocycles. The molecule has 0 aliphatic rings. The molecule has 4 N–H and O–H groups in total. The fourth-order valence-electron chi connectivity index (χ4n) is 1.67. The van der Waals surface area contributed by atoms with Crippen LogP contribution in [0.15, 0.2) is 24.3 Å². The lowest BCUT2D eigenvalue weighted by Crippen LogP contribution is -2.33. The molecule has 0 atom stereocenters. The fourth-order valence-corrected chi connectivity index (χ4v) is 1.67. The van der Waals surface area contributed by atoms with Gasteiger partial charge in [-0.2, -0.15) is 4.57 Å². The number of benzene rings is 1. The molecule has 2 aromatic rings. The highest BCUT2D eigenvalue weighted by Crippen LogP contribution is 2.21. The van der Waals surface area contributed by atoms with E-state index in [-0.39, 0.29) is 12.4 Å². The van der Waals surface area contributed by atoms with Crippen molar-refractivity contribution in [3.05, 3.63) is 30.0 Å². The molecular formula is C11H15ClN3+. The van der Waals surface area contributed by atoms with E-state index >= 15 is 0 Å². The van der Waals surface area contributed by atoms with E-state index in [1.807, 2.05) is 38.2 Å². The lowest BCUT2D eigenvalue weighted by molar-refractivity contribution is -0.651. The zero-order valence-corrected chi connectivity index (χ0v) is 9.64. The second-order valence-corrected chi connectivity index (χ2v) is 3.58. The lowest BCUT2D eigenvalue weighted by Gasteiger charge is -2.03. The second kappa shape index (κ2) is 3.95. The topological polar surface area (TPSA) is 55.9 Å². The van der Waals surface area contributed by atoms with Crippen LogP contribution in [0.5, 0.6) is 0 Å². The zero-order chi connectivity index (χ0) is 10.3. The van der Waals surface area contributed by atoms with Crippen molar-refractivity contribution in [2.75, 3.05) is 11.5 Å². The molecule has 2 rings (SSSR count). The van der Waals surface area contributed by atoms with E-state index in [9.17, 15) is 0 Å². The van der Waals surface area contributed by atoms with Crippen molar-refractivity contribution in [1.29, 1.82) is 0 Å². The predicted molar refractivity (Wildman–Crippen MR) is 65.9 cm³/mol. The first kappa shape index (κ1) is 11.6. The number of hydrogen-bond donors (Lipinski definition) is 2. The molecule has 0 bridgehead atoms. The third kappa shape index (κ3) is 1.83. The molecule has 4 heteroatoms. The summed E-state index contributed by atoms with van der Waals surface area (Å²) >= 11 is 0. The van der Waals surface area contributed by atoms with E-state index < -0.39 is 0 Å². The maximum atomic E-state index is 5.93. The number of halogens is 1. The fraction of sp³-hybridized carbons (Fsp3) is 0.182. The van der Waals surface area contributed by atoms with E-state index in [4.69, 9.17) is 11.5 Å². The van der Waals surface area contributed by atoms with Crippen molar-refractivity contribution in [3.63, 3.8) is 0 Å². The molecule has 0 aliphatic carbocycles. The van der Waals surface area contributed by atoms with Crippen molar-refractivity contribution in [2.45, 2.75) is 6.92 Å². The highest BCUT2D eigenvalue weighted by molar-refractivity contribution is 5.90. The van der Waals surface area contributed by atoms with Crippen LogP contribution in [0.3, 0.4) is 0 Å². The first-order valence-electron chi connectivity index (χ1n) is 4.54. The van der Waals surface area contributed by atoms with Gasteiger partial charge in [-0.05, 0) is 12.1 Å². The van der Waals surface area contributed by atoms with Crippen LogP contribution in [0.2, 0.25) is 0 Å². The quantitative estimate of drug-likeness (QED) is 0.527. The minimum absolute atomic E-state index is 0. The molecule has 0 amide bonds. The second-order valence-electron chi connectivity index (χ2n) is 3.58. The Kier molecular flexibility index (Phi) is 3.05. The molecule has 15 heavy (non-hydrogen) atoms. The summed E-state index contributed by atoms with van der Waals surface area (Å²) < 4.78 is 2.10. The van der Waals surface area contributed by atoms with Gasteiger partial charge < -0.3 is 11.5 Å². The average molecular weight is 225 g/mol. The smallest absolute Gasteiger partial charge is 0.214 e. The number of hydrogen-bond acceptors (Lipinski definition) is 2. The summed E-state index contributed by atoms with van der Waals surface area (Å²) in [6, 6.07) is 7.75. The number of anilines is 2. The van der Waals surface area contributed by atoms with Crippen LogP contribution in [0.4, 0.5) is 11.4 Å². The number of pyridine rings is 1. The van der Waals surface area contributed by atoms with Gasteiger partial charge in [0.15, 0.2) is 5.69 Å². The largest absolute Gasteiger partial charge is 0.399 e. The molecule has 1 aromatic heterocycles. The Balaban J connectivity index is 0.00000112. The highest BCUT2D eigenvalue weighted by Gasteiger charge is 2.11. The van der Waals surface area contributed by atoms with Gasteiger partial charge in [-0.15, -0.1) is 12.4 Å². The van der Waals surface area contributed by atoms with Crippen LogP contribution in [0.1, 0.15) is 5.69 Å². The van der Waals surface area contributed by atoms with E-state index in [0.29, 0.717) is 0 Å². The highest BCUT2D eigenvalue weighted by atomic mass is 35.5. The first-order chi connectivity index (χ1) is 6.59. The summed E-state index contributed by atoms with van der Waals surface area (Å²) in [6.45, 7) is 2.03. The Hall–Kier alpha value is -1.48. The molecule has 0 fully saturated rings. The average Bonchev–Trinajstić information content (AvgIpc) is 2.14. The molecule has 0 unspecified atom stereocenters. The van der Waals surface area contributed by atoms with Gasteiger partial charge in [0.1, 0.15) is 7.05 Å². The van der Waals surface area contributed by atoms with Gasteiger partial charge in [0, 0.05) is 24.7 Å². The van der Waals surface area contributed by atoms with Gasteiger partial charge in [-0.1, -0.05) is 0 Å². The van der Waals surface area contributed by atoms with Crippen molar-refractivity contribution < 1.29 is 4.57 Å². The minimum Gasteiger partial charge on any atom is -0.399 e. The summed E-state index contributed by atoms with van der Waals surface area (Å²) in [5.41, 5.74) is 15.4. The van der Waals surface area contributed by atoms with Crippen molar-refractivity contribution in [1.82, 2.24) is 0 Å². The molecule has 80 valence electrons. The predicted octanol–water partition coefficient (Wildman–Crippen LogP) is 1.56. The number of fused-ring (bicyclic) bond motifs is 1. The van der Waals surface area contributed by atoms with E-state index in [2.05, 4.69) is 4.57 Å². The number of nitrogens with zero attached hydrogens (tertiary/aromatic N) is 1. The minimum atomic E-state index is 0. The molecule has 0 radical (unpaired) electrons. The first-order valence-corrected chi connectivity index (χ1v) is 4.54. The van der Waals surface area contributed by atoms with E-state index in [1.54, 1.807) is 0 Å². The van der Waals surface area contributed by atoms with Crippen molar-refractivity contribution >= 4 is 34.7 Å². The van der Waals surface area contributed by atoms with Crippen molar-refractivity contribution in [2.24, 2.45) is 7.05 Å². The summed E-state index contributed by atoms with van der Waals surface area (Å²) in [5, 5.41) is 1.01. The Bertz CT molecular complexity index is 509. The van der Waals surface area contributed by atoms with Crippen LogP contribution in [0, 0.1) is 6.92 Å². The Labute approximate surface area is 95.1 Å². The number of aromatic nitrogens is 1. The van der Waals surface area contributed by atoms with Crippen LogP contribution in [-0.2, 0) is 7.05 Å². The summed E-state index contributed by atoms with van der Waals surface area (Å²) in [5.74, 6) is 0. The van der Waals surface area contributed by atoms with Gasteiger partial charge in [-0.25, -0.2) is 0 Å². The third-order valence-electron chi connectivity index (χ3n) is 2.59. The van der Waals surface area contributed by atoms with Crippen LogP contribution < -0.4 is 16.0 Å². The molecule has 0 spiro atoms. The van der Waals surface area contributed by atoms with Crippen LogP contribution >= 0.6 is 12.4 Å². The van der Waals surface area contributed by atoms with Gasteiger partial charge in [0.05, 0.1) is 11.1 Å². The standard InChI is InChI=1S/C11H13N3.ClH/c1-7-5-10(13)9-6-8(12)3-4-11(9)14(7)2;/h3-6,13H,12H2,1-2H3;1H/p+1. The molecule has 1 heterocycles. The van der Waals surface area contributed by atoms with Gasteiger partial charge in [0.25, 0.3) is 0 Å². The number of aryl methyl sites for hydroxylation is 2. The van der Waals surface area contributed by atoms with Crippen LogP contribution in [0.25, 0.3) is 10.9 Å². The number of nitrogen functional groups attached to an aromatic ring is 2. The van der Waals surface area contributed by atoms with Gasteiger partial charge in [-0.3, -0.25) is 0 Å². The molecular weight excluding hydrogens is 210 g/mol. The summed E-state index contributed by atoms with van der Waals surface area (Å²) in [6.07, 6.45) is 0. The van der Waals surface area contributed by atoms with Gasteiger partial charge >= 0.3 is 0 Å².